The van der Waals surface area contributed by atoms with Crippen LogP contribution in [0.5, 0.6) is 5.75 Å². The van der Waals surface area contributed by atoms with Crippen molar-refractivity contribution in [3.8, 4) is 5.75 Å². The average molecular weight is 264 g/mol. The first-order valence-electron chi connectivity index (χ1n) is 6.91. The molecular formula is C15H24N2O2. The molecule has 0 aromatic heterocycles. The monoisotopic (exact) mass is 264 g/mol. The zero-order valence-corrected chi connectivity index (χ0v) is 12.0. The molecule has 1 aromatic rings. The van der Waals surface area contributed by atoms with Crippen molar-refractivity contribution in [2.45, 2.75) is 39.7 Å². The molecule has 0 radical (unpaired) electrons. The Balaban J connectivity index is 2.35. The van der Waals surface area contributed by atoms with E-state index in [4.69, 9.17) is 4.74 Å². The molecule has 0 heterocycles. The number of amides is 1. The Bertz CT molecular complexity index is 376. The third kappa shape index (κ3) is 6.13. The summed E-state index contributed by atoms with van der Waals surface area (Å²) < 4.78 is 5.50. The molecule has 4 heteroatoms. The number of rotatable bonds is 8. The molecule has 0 aliphatic carbocycles. The van der Waals surface area contributed by atoms with E-state index in [1.54, 1.807) is 0 Å². The van der Waals surface area contributed by atoms with Gasteiger partial charge >= 0.3 is 0 Å². The summed E-state index contributed by atoms with van der Waals surface area (Å²) in [6.07, 6.45) is 1.94. The van der Waals surface area contributed by atoms with E-state index in [1.807, 2.05) is 38.1 Å². The highest BCUT2D eigenvalue weighted by Crippen LogP contribution is 2.15. The first-order valence-corrected chi connectivity index (χ1v) is 6.91. The van der Waals surface area contributed by atoms with Crippen LogP contribution in [0.3, 0.4) is 0 Å². The molecule has 1 rings (SSSR count). The fourth-order valence-electron chi connectivity index (χ4n) is 1.50. The van der Waals surface area contributed by atoms with Gasteiger partial charge in [-0.3, -0.25) is 4.79 Å². The maximum atomic E-state index is 11.6. The molecule has 4 nitrogen and oxygen atoms in total. The third-order valence-corrected chi connectivity index (χ3v) is 2.80. The fourth-order valence-corrected chi connectivity index (χ4v) is 1.50. The van der Waals surface area contributed by atoms with Gasteiger partial charge < -0.3 is 15.4 Å². The van der Waals surface area contributed by atoms with Crippen LogP contribution in [0.15, 0.2) is 24.3 Å². The molecule has 0 saturated carbocycles. The molecule has 1 aromatic carbocycles. The topological polar surface area (TPSA) is 50.4 Å². The first-order chi connectivity index (χ1) is 9.15. The summed E-state index contributed by atoms with van der Waals surface area (Å²) in [5.74, 6) is 0.872. The number of hydrogen-bond donors (Lipinski definition) is 2. The average Bonchev–Trinajstić information content (AvgIpc) is 2.43. The largest absolute Gasteiger partial charge is 0.494 e. The third-order valence-electron chi connectivity index (χ3n) is 2.80. The maximum absolute atomic E-state index is 11.6. The van der Waals surface area contributed by atoms with Crippen LogP contribution in [0.2, 0.25) is 0 Å². The number of anilines is 1. The molecule has 0 spiro atoms. The van der Waals surface area contributed by atoms with Crippen LogP contribution >= 0.6 is 0 Å². The first kappa shape index (κ1) is 15.3. The van der Waals surface area contributed by atoms with E-state index in [9.17, 15) is 4.79 Å². The smallest absolute Gasteiger partial charge is 0.239 e. The lowest BCUT2D eigenvalue weighted by atomic mass is 10.2. The highest BCUT2D eigenvalue weighted by molar-refractivity contribution is 5.80. The van der Waals surface area contributed by atoms with Gasteiger partial charge in [0.25, 0.3) is 0 Å². The predicted molar refractivity (Wildman–Crippen MR) is 78.6 cm³/mol. The van der Waals surface area contributed by atoms with E-state index in [0.29, 0.717) is 6.54 Å². The Kier molecular flexibility index (Phi) is 6.79. The number of benzene rings is 1. The lowest BCUT2D eigenvalue weighted by molar-refractivity contribution is -0.120. The van der Waals surface area contributed by atoms with Crippen LogP contribution in [0.1, 0.15) is 33.6 Å². The minimum absolute atomic E-state index is 0.0145. The number of hydrogen-bond acceptors (Lipinski definition) is 3. The second-order valence-corrected chi connectivity index (χ2v) is 4.60. The Morgan fingerprint density at radius 3 is 2.53 bits per heavy atom. The van der Waals surface area contributed by atoms with Crippen molar-refractivity contribution in [2.24, 2.45) is 0 Å². The lowest BCUT2D eigenvalue weighted by Gasteiger charge is -2.12. The summed E-state index contributed by atoms with van der Waals surface area (Å²) >= 11 is 0. The summed E-state index contributed by atoms with van der Waals surface area (Å²) in [6.45, 7) is 7.14. The molecule has 0 saturated heterocycles. The minimum Gasteiger partial charge on any atom is -0.494 e. The zero-order valence-electron chi connectivity index (χ0n) is 12.0. The second-order valence-electron chi connectivity index (χ2n) is 4.60. The summed E-state index contributed by atoms with van der Waals surface area (Å²) in [5, 5.41) is 6.00. The Hall–Kier alpha value is -1.71. The molecule has 1 unspecified atom stereocenters. The van der Waals surface area contributed by atoms with Crippen LogP contribution in [-0.2, 0) is 4.79 Å². The van der Waals surface area contributed by atoms with Crippen molar-refractivity contribution in [3.63, 3.8) is 0 Å². The van der Waals surface area contributed by atoms with Crippen molar-refractivity contribution in [3.05, 3.63) is 24.3 Å². The standard InChI is InChI=1S/C15H24N2O2/c1-4-10-19-14-8-6-13(7-9-14)16-11-15(18)17-12(3)5-2/h6-9,12,16H,4-5,10-11H2,1-3H3,(H,17,18). The number of carbonyl (C=O) groups excluding carboxylic acids is 1. The van der Waals surface area contributed by atoms with Gasteiger partial charge in [0.2, 0.25) is 5.91 Å². The number of ether oxygens (including phenoxy) is 1. The molecule has 106 valence electrons. The van der Waals surface area contributed by atoms with E-state index in [2.05, 4.69) is 17.6 Å². The Morgan fingerprint density at radius 2 is 1.95 bits per heavy atom. The molecule has 0 fully saturated rings. The normalized spacial score (nSPS) is 11.7. The second kappa shape index (κ2) is 8.40. The summed E-state index contributed by atoms with van der Waals surface area (Å²) in [7, 11) is 0. The van der Waals surface area contributed by atoms with E-state index < -0.39 is 0 Å². The van der Waals surface area contributed by atoms with Crippen molar-refractivity contribution in [1.82, 2.24) is 5.32 Å². The van der Waals surface area contributed by atoms with Gasteiger partial charge in [-0.1, -0.05) is 13.8 Å². The Morgan fingerprint density at radius 1 is 1.26 bits per heavy atom. The molecular weight excluding hydrogens is 240 g/mol. The molecule has 0 aliphatic heterocycles. The van der Waals surface area contributed by atoms with Crippen molar-refractivity contribution in [1.29, 1.82) is 0 Å². The van der Waals surface area contributed by atoms with Gasteiger partial charge in [0.15, 0.2) is 0 Å². The van der Waals surface area contributed by atoms with Crippen molar-refractivity contribution >= 4 is 11.6 Å². The number of carbonyl (C=O) groups is 1. The van der Waals surface area contributed by atoms with Crippen LogP contribution < -0.4 is 15.4 Å². The molecule has 2 N–H and O–H groups in total. The molecule has 0 aliphatic rings. The molecule has 1 atom stereocenters. The lowest BCUT2D eigenvalue weighted by Crippen LogP contribution is -2.36. The van der Waals surface area contributed by atoms with Crippen LogP contribution in [-0.4, -0.2) is 25.1 Å². The van der Waals surface area contributed by atoms with E-state index in [-0.39, 0.29) is 11.9 Å². The predicted octanol–water partition coefficient (Wildman–Crippen LogP) is 2.80. The van der Waals surface area contributed by atoms with Crippen LogP contribution in [0.25, 0.3) is 0 Å². The van der Waals surface area contributed by atoms with Crippen molar-refractivity contribution < 1.29 is 9.53 Å². The van der Waals surface area contributed by atoms with Gasteiger partial charge in [-0.25, -0.2) is 0 Å². The maximum Gasteiger partial charge on any atom is 0.239 e. The van der Waals surface area contributed by atoms with Crippen molar-refractivity contribution in [2.75, 3.05) is 18.5 Å². The SMILES string of the molecule is CCCOc1ccc(NCC(=O)NC(C)CC)cc1. The Labute approximate surface area is 115 Å². The van der Waals surface area contributed by atoms with Gasteiger partial charge in [-0.05, 0) is 44.0 Å². The quantitative estimate of drug-likeness (QED) is 0.759. The van der Waals surface area contributed by atoms with E-state index >= 15 is 0 Å². The van der Waals surface area contributed by atoms with E-state index in [0.717, 1.165) is 30.9 Å². The molecule has 0 bridgehead atoms. The minimum atomic E-state index is 0.0145. The summed E-state index contributed by atoms with van der Waals surface area (Å²) in [5.41, 5.74) is 0.920. The van der Waals surface area contributed by atoms with E-state index in [1.165, 1.54) is 0 Å². The molecule has 1 amide bonds. The highest BCUT2D eigenvalue weighted by atomic mass is 16.5. The fraction of sp³-hybridized carbons (Fsp3) is 0.533. The zero-order chi connectivity index (χ0) is 14.1. The van der Waals surface area contributed by atoms with Gasteiger partial charge in [-0.2, -0.15) is 0 Å². The summed E-state index contributed by atoms with van der Waals surface area (Å²) in [4.78, 5) is 11.6. The highest BCUT2D eigenvalue weighted by Gasteiger charge is 2.04. The van der Waals surface area contributed by atoms with Crippen LogP contribution in [0.4, 0.5) is 5.69 Å². The molecule has 19 heavy (non-hydrogen) atoms. The van der Waals surface area contributed by atoms with Gasteiger partial charge in [0.05, 0.1) is 13.2 Å². The number of nitrogens with one attached hydrogen (secondary N) is 2. The summed E-state index contributed by atoms with van der Waals surface area (Å²) in [6, 6.07) is 7.87. The van der Waals surface area contributed by atoms with Gasteiger partial charge in [0.1, 0.15) is 5.75 Å². The van der Waals surface area contributed by atoms with Gasteiger partial charge in [-0.15, -0.1) is 0 Å². The van der Waals surface area contributed by atoms with Gasteiger partial charge in [0, 0.05) is 11.7 Å². The van der Waals surface area contributed by atoms with Crippen LogP contribution in [0, 0.1) is 0 Å².